The normalized spacial score (nSPS) is 12.2. The Morgan fingerprint density at radius 3 is 2.88 bits per heavy atom. The number of hydrogen-bond acceptors (Lipinski definition) is 1. The van der Waals surface area contributed by atoms with Gasteiger partial charge in [-0.15, -0.1) is 11.6 Å². The highest BCUT2D eigenvalue weighted by atomic mass is 79.9. The molecule has 0 saturated carbocycles. The number of amides is 1. The molecule has 1 amide bonds. The van der Waals surface area contributed by atoms with Gasteiger partial charge in [-0.25, -0.2) is 0 Å². The maximum absolute atomic E-state index is 11.8. The van der Waals surface area contributed by atoms with Crippen LogP contribution in [0.15, 0.2) is 22.7 Å². The maximum atomic E-state index is 11.8. The van der Waals surface area contributed by atoms with Gasteiger partial charge in [-0.3, -0.25) is 4.79 Å². The third kappa shape index (κ3) is 3.49. The van der Waals surface area contributed by atoms with E-state index in [2.05, 4.69) is 21.2 Å². The minimum Gasteiger partial charge on any atom is -0.351 e. The van der Waals surface area contributed by atoms with Crippen molar-refractivity contribution in [1.82, 2.24) is 5.32 Å². The van der Waals surface area contributed by atoms with Crippen LogP contribution in [0.4, 0.5) is 0 Å². The molecular formula is C12H15BrClNO. The van der Waals surface area contributed by atoms with Crippen LogP contribution < -0.4 is 5.32 Å². The molecule has 1 aromatic rings. The Morgan fingerprint density at radius 2 is 2.25 bits per heavy atom. The standard InChI is InChI=1S/C12H15BrClNO/c1-3-9(14)7-15-12(16)10-5-4-6-11(13)8(10)2/h4-6,9H,3,7H2,1-2H3,(H,15,16). The largest absolute Gasteiger partial charge is 0.351 e. The molecule has 0 aliphatic carbocycles. The maximum Gasteiger partial charge on any atom is 0.251 e. The predicted molar refractivity (Wildman–Crippen MR) is 71.1 cm³/mol. The summed E-state index contributed by atoms with van der Waals surface area (Å²) in [5.74, 6) is -0.0714. The van der Waals surface area contributed by atoms with Gasteiger partial charge in [0.1, 0.15) is 0 Å². The zero-order chi connectivity index (χ0) is 12.1. The van der Waals surface area contributed by atoms with Gasteiger partial charge in [-0.05, 0) is 31.0 Å². The summed E-state index contributed by atoms with van der Waals surface area (Å²) < 4.78 is 0.943. The summed E-state index contributed by atoms with van der Waals surface area (Å²) in [6.45, 7) is 4.41. The summed E-state index contributed by atoms with van der Waals surface area (Å²) in [7, 11) is 0. The molecule has 0 heterocycles. The number of benzene rings is 1. The van der Waals surface area contributed by atoms with Crippen molar-refractivity contribution < 1.29 is 4.79 Å². The number of nitrogens with one attached hydrogen (secondary N) is 1. The van der Waals surface area contributed by atoms with Crippen LogP contribution in [0.2, 0.25) is 0 Å². The van der Waals surface area contributed by atoms with Crippen LogP contribution in [0.3, 0.4) is 0 Å². The SMILES string of the molecule is CCC(Cl)CNC(=O)c1cccc(Br)c1C. The molecule has 0 aliphatic heterocycles. The molecule has 0 aromatic heterocycles. The average Bonchev–Trinajstić information content (AvgIpc) is 2.29. The van der Waals surface area contributed by atoms with E-state index in [1.54, 1.807) is 0 Å². The Balaban J connectivity index is 2.70. The van der Waals surface area contributed by atoms with Gasteiger partial charge in [0.05, 0.1) is 5.38 Å². The first kappa shape index (κ1) is 13.5. The highest BCUT2D eigenvalue weighted by molar-refractivity contribution is 9.10. The lowest BCUT2D eigenvalue weighted by Crippen LogP contribution is -2.30. The van der Waals surface area contributed by atoms with E-state index in [-0.39, 0.29) is 11.3 Å². The number of alkyl halides is 1. The minimum absolute atomic E-state index is 0.00332. The van der Waals surface area contributed by atoms with Gasteiger partial charge in [-0.1, -0.05) is 28.9 Å². The minimum atomic E-state index is -0.0714. The highest BCUT2D eigenvalue weighted by Gasteiger charge is 2.11. The van der Waals surface area contributed by atoms with Crippen molar-refractivity contribution in [3.05, 3.63) is 33.8 Å². The molecular weight excluding hydrogens is 289 g/mol. The third-order valence-electron chi connectivity index (χ3n) is 2.44. The fraction of sp³-hybridized carbons (Fsp3) is 0.417. The molecule has 0 aliphatic rings. The molecule has 0 bridgehead atoms. The lowest BCUT2D eigenvalue weighted by atomic mass is 10.1. The molecule has 1 aromatic carbocycles. The number of rotatable bonds is 4. The van der Waals surface area contributed by atoms with Crippen LogP contribution in [0, 0.1) is 6.92 Å². The topological polar surface area (TPSA) is 29.1 Å². The smallest absolute Gasteiger partial charge is 0.251 e. The van der Waals surface area contributed by atoms with E-state index >= 15 is 0 Å². The Labute approximate surface area is 110 Å². The van der Waals surface area contributed by atoms with Gasteiger partial charge in [0.15, 0.2) is 0 Å². The van der Waals surface area contributed by atoms with Gasteiger partial charge < -0.3 is 5.32 Å². The molecule has 4 heteroatoms. The van der Waals surface area contributed by atoms with E-state index in [1.807, 2.05) is 32.0 Å². The van der Waals surface area contributed by atoms with E-state index in [0.29, 0.717) is 12.1 Å². The van der Waals surface area contributed by atoms with E-state index in [9.17, 15) is 4.79 Å². The van der Waals surface area contributed by atoms with Crippen LogP contribution in [0.25, 0.3) is 0 Å². The summed E-state index contributed by atoms with van der Waals surface area (Å²) >= 11 is 9.35. The second-order valence-corrected chi connectivity index (χ2v) is 5.10. The molecule has 16 heavy (non-hydrogen) atoms. The van der Waals surface area contributed by atoms with Crippen LogP contribution in [-0.2, 0) is 0 Å². The highest BCUT2D eigenvalue weighted by Crippen LogP contribution is 2.19. The van der Waals surface area contributed by atoms with Crippen molar-refractivity contribution in [3.63, 3.8) is 0 Å². The fourth-order valence-corrected chi connectivity index (χ4v) is 1.74. The van der Waals surface area contributed by atoms with Gasteiger partial charge in [0.25, 0.3) is 5.91 Å². The van der Waals surface area contributed by atoms with Crippen molar-refractivity contribution in [2.45, 2.75) is 25.6 Å². The third-order valence-corrected chi connectivity index (χ3v) is 3.76. The van der Waals surface area contributed by atoms with Crippen LogP contribution in [-0.4, -0.2) is 17.8 Å². The van der Waals surface area contributed by atoms with E-state index in [4.69, 9.17) is 11.6 Å². The number of hydrogen-bond donors (Lipinski definition) is 1. The van der Waals surface area contributed by atoms with Crippen LogP contribution in [0.5, 0.6) is 0 Å². The van der Waals surface area contributed by atoms with Crippen molar-refractivity contribution in [3.8, 4) is 0 Å². The fourth-order valence-electron chi connectivity index (χ4n) is 1.30. The first-order valence-electron chi connectivity index (χ1n) is 5.23. The molecule has 1 rings (SSSR count). The molecule has 1 unspecified atom stereocenters. The number of carbonyl (C=O) groups excluding carboxylic acids is 1. The summed E-state index contributed by atoms with van der Waals surface area (Å²) in [5, 5.41) is 2.82. The van der Waals surface area contributed by atoms with Crippen molar-refractivity contribution in [1.29, 1.82) is 0 Å². The quantitative estimate of drug-likeness (QED) is 0.848. The van der Waals surface area contributed by atoms with E-state index in [1.165, 1.54) is 0 Å². The Hall–Kier alpha value is -0.540. The molecule has 1 atom stereocenters. The zero-order valence-corrected chi connectivity index (χ0v) is 11.7. The Bertz CT molecular complexity index is 381. The summed E-state index contributed by atoms with van der Waals surface area (Å²) in [5.41, 5.74) is 1.64. The van der Waals surface area contributed by atoms with Gasteiger partial charge in [0.2, 0.25) is 0 Å². The summed E-state index contributed by atoms with van der Waals surface area (Å²) in [6, 6.07) is 5.58. The molecule has 0 spiro atoms. The monoisotopic (exact) mass is 303 g/mol. The number of halogens is 2. The van der Waals surface area contributed by atoms with Crippen LogP contribution in [0.1, 0.15) is 29.3 Å². The molecule has 1 N–H and O–H groups in total. The van der Waals surface area contributed by atoms with E-state index in [0.717, 1.165) is 16.5 Å². The average molecular weight is 305 g/mol. The lowest BCUT2D eigenvalue weighted by Gasteiger charge is -2.10. The molecule has 0 radical (unpaired) electrons. The first-order chi connectivity index (χ1) is 7.56. The molecule has 0 saturated heterocycles. The van der Waals surface area contributed by atoms with Gasteiger partial charge in [0, 0.05) is 16.6 Å². The first-order valence-corrected chi connectivity index (χ1v) is 6.46. The van der Waals surface area contributed by atoms with Crippen molar-refractivity contribution >= 4 is 33.4 Å². The Morgan fingerprint density at radius 1 is 1.56 bits per heavy atom. The predicted octanol–water partition coefficient (Wildman–Crippen LogP) is 3.50. The summed E-state index contributed by atoms with van der Waals surface area (Å²) in [6.07, 6.45) is 0.847. The second-order valence-electron chi connectivity index (χ2n) is 3.63. The van der Waals surface area contributed by atoms with Crippen LogP contribution >= 0.6 is 27.5 Å². The summed E-state index contributed by atoms with van der Waals surface area (Å²) in [4.78, 5) is 11.8. The van der Waals surface area contributed by atoms with Gasteiger partial charge in [-0.2, -0.15) is 0 Å². The van der Waals surface area contributed by atoms with Crippen molar-refractivity contribution in [2.75, 3.05) is 6.54 Å². The number of carbonyl (C=O) groups is 1. The zero-order valence-electron chi connectivity index (χ0n) is 9.39. The second kappa shape index (κ2) is 6.26. The lowest BCUT2D eigenvalue weighted by molar-refractivity contribution is 0.0953. The van der Waals surface area contributed by atoms with Gasteiger partial charge >= 0.3 is 0 Å². The molecule has 2 nitrogen and oxygen atoms in total. The van der Waals surface area contributed by atoms with E-state index < -0.39 is 0 Å². The Kier molecular flexibility index (Phi) is 5.29. The van der Waals surface area contributed by atoms with Crippen molar-refractivity contribution in [2.24, 2.45) is 0 Å². The molecule has 0 fully saturated rings. The molecule has 88 valence electrons.